The van der Waals surface area contributed by atoms with Crippen molar-refractivity contribution in [3.05, 3.63) is 16.4 Å². The Morgan fingerprint density at radius 3 is 2.55 bits per heavy atom. The topological polar surface area (TPSA) is 29.9 Å². The second-order valence-electron chi connectivity index (χ2n) is 6.37. The van der Waals surface area contributed by atoms with Crippen LogP contribution in [0.4, 0.5) is 0 Å². The van der Waals surface area contributed by atoms with Crippen molar-refractivity contribution in [2.75, 3.05) is 6.54 Å². The van der Waals surface area contributed by atoms with E-state index in [1.54, 1.807) is 0 Å². The highest BCUT2D eigenvalue weighted by atomic mass is 35.5. The molecule has 0 amide bonds. The molecule has 0 aromatic carbocycles. The smallest absolute Gasteiger partial charge is 0.0850 e. The molecule has 0 bridgehead atoms. The molecule has 0 spiro atoms. The fraction of sp³-hybridized carbons (Fsp3) is 0.812. The first-order valence-corrected chi connectivity index (χ1v) is 8.38. The fourth-order valence-electron chi connectivity index (χ4n) is 2.58. The Hall–Kier alpha value is -0.540. The zero-order valence-corrected chi connectivity index (χ0v) is 14.1. The molecule has 1 saturated carbocycles. The maximum absolute atomic E-state index is 6.54. The van der Waals surface area contributed by atoms with Gasteiger partial charge >= 0.3 is 0 Å². The summed E-state index contributed by atoms with van der Waals surface area (Å²) in [7, 11) is 0. The van der Waals surface area contributed by atoms with Crippen LogP contribution in [0.25, 0.3) is 0 Å². The molecule has 1 aromatic heterocycles. The van der Waals surface area contributed by atoms with Crippen molar-refractivity contribution in [2.24, 2.45) is 5.41 Å². The first-order valence-electron chi connectivity index (χ1n) is 8.00. The molecule has 3 nitrogen and oxygen atoms in total. The van der Waals surface area contributed by atoms with Crippen molar-refractivity contribution in [3.8, 4) is 0 Å². The molecule has 0 radical (unpaired) electrons. The Kier molecular flexibility index (Phi) is 5.14. The van der Waals surface area contributed by atoms with Crippen molar-refractivity contribution < 1.29 is 0 Å². The predicted molar refractivity (Wildman–Crippen MR) is 85.4 cm³/mol. The van der Waals surface area contributed by atoms with E-state index < -0.39 is 0 Å². The van der Waals surface area contributed by atoms with Gasteiger partial charge in [-0.3, -0.25) is 4.68 Å². The minimum absolute atomic E-state index is 0.254. The lowest BCUT2D eigenvalue weighted by atomic mass is 9.82. The van der Waals surface area contributed by atoms with Crippen molar-refractivity contribution >= 4 is 11.6 Å². The third-order valence-electron chi connectivity index (χ3n) is 4.54. The third kappa shape index (κ3) is 3.56. The summed E-state index contributed by atoms with van der Waals surface area (Å²) in [5, 5.41) is 9.20. The van der Waals surface area contributed by atoms with Crippen molar-refractivity contribution in [1.82, 2.24) is 15.1 Å². The van der Waals surface area contributed by atoms with E-state index in [0.29, 0.717) is 0 Å². The van der Waals surface area contributed by atoms with Crippen molar-refractivity contribution in [1.29, 1.82) is 0 Å². The van der Waals surface area contributed by atoms with Gasteiger partial charge in [0.1, 0.15) is 0 Å². The largest absolute Gasteiger partial charge is 0.313 e. The maximum Gasteiger partial charge on any atom is 0.0850 e. The summed E-state index contributed by atoms with van der Waals surface area (Å²) in [6, 6.07) is 0.763. The van der Waals surface area contributed by atoms with E-state index in [1.165, 1.54) is 18.5 Å². The molecular formula is C16H28ClN3. The average molecular weight is 298 g/mol. The Bertz CT molecular complexity index is 451. The molecule has 1 unspecified atom stereocenters. The molecule has 4 heteroatoms. The minimum atomic E-state index is 0.254. The van der Waals surface area contributed by atoms with Crippen LogP contribution in [0.3, 0.4) is 0 Å². The number of halogens is 1. The van der Waals surface area contributed by atoms with E-state index in [-0.39, 0.29) is 5.41 Å². The number of aromatic nitrogens is 2. The summed E-state index contributed by atoms with van der Waals surface area (Å²) < 4.78 is 2.09. The van der Waals surface area contributed by atoms with E-state index in [9.17, 15) is 0 Å². The number of hydrogen-bond donors (Lipinski definition) is 1. The standard InChI is InChI=1S/C16H28ClN3/c1-5-13-15(17)14(20(7-3)19-13)10-16(4,6-2)11-18-12-8-9-12/h12,18H,5-11H2,1-4H3. The van der Waals surface area contributed by atoms with E-state index >= 15 is 0 Å². The molecule has 0 aliphatic heterocycles. The summed E-state index contributed by atoms with van der Waals surface area (Å²) in [5.41, 5.74) is 2.51. The van der Waals surface area contributed by atoms with Gasteiger partial charge in [-0.1, -0.05) is 32.4 Å². The number of nitrogens with zero attached hydrogens (tertiary/aromatic N) is 2. The van der Waals surface area contributed by atoms with Gasteiger partial charge in [0, 0.05) is 19.1 Å². The highest BCUT2D eigenvalue weighted by Gasteiger charge is 2.30. The average Bonchev–Trinajstić information content (AvgIpc) is 3.24. The molecule has 1 aromatic rings. The monoisotopic (exact) mass is 297 g/mol. The predicted octanol–water partition coefficient (Wildman–Crippen LogP) is 3.83. The quantitative estimate of drug-likeness (QED) is 0.790. The van der Waals surface area contributed by atoms with E-state index in [0.717, 1.165) is 49.1 Å². The molecule has 1 fully saturated rings. The zero-order chi connectivity index (χ0) is 14.8. The third-order valence-corrected chi connectivity index (χ3v) is 4.97. The van der Waals surface area contributed by atoms with E-state index in [2.05, 4.69) is 42.8 Å². The molecule has 0 saturated heterocycles. The molecule has 20 heavy (non-hydrogen) atoms. The van der Waals surface area contributed by atoms with Crippen LogP contribution in [0.5, 0.6) is 0 Å². The van der Waals surface area contributed by atoms with Gasteiger partial charge in [0.15, 0.2) is 0 Å². The van der Waals surface area contributed by atoms with Gasteiger partial charge < -0.3 is 5.32 Å². The SMILES string of the molecule is CCc1nn(CC)c(CC(C)(CC)CNC2CC2)c1Cl. The highest BCUT2D eigenvalue weighted by molar-refractivity contribution is 6.31. The lowest BCUT2D eigenvalue weighted by molar-refractivity contribution is 0.281. The molecule has 1 aliphatic rings. The van der Waals surface area contributed by atoms with Crippen molar-refractivity contribution in [3.63, 3.8) is 0 Å². The van der Waals surface area contributed by atoms with Gasteiger partial charge in [-0.25, -0.2) is 0 Å². The van der Waals surface area contributed by atoms with Crippen LogP contribution in [0, 0.1) is 5.41 Å². The number of aryl methyl sites for hydroxylation is 2. The van der Waals surface area contributed by atoms with E-state index in [1.807, 2.05) is 0 Å². The lowest BCUT2D eigenvalue weighted by Crippen LogP contribution is -2.35. The number of hydrogen-bond acceptors (Lipinski definition) is 2. The lowest BCUT2D eigenvalue weighted by Gasteiger charge is -2.29. The Morgan fingerprint density at radius 1 is 1.35 bits per heavy atom. The van der Waals surface area contributed by atoms with Crippen LogP contribution in [0.2, 0.25) is 5.02 Å². The van der Waals surface area contributed by atoms with Crippen LogP contribution in [-0.2, 0) is 19.4 Å². The first-order chi connectivity index (χ1) is 9.53. The van der Waals surface area contributed by atoms with Gasteiger partial charge in [0.05, 0.1) is 16.4 Å². The van der Waals surface area contributed by atoms with Crippen LogP contribution in [0.1, 0.15) is 58.3 Å². The molecular weight excluding hydrogens is 270 g/mol. The molecule has 1 N–H and O–H groups in total. The van der Waals surface area contributed by atoms with Gasteiger partial charge in [-0.2, -0.15) is 5.10 Å². The Labute approximate surface area is 128 Å². The molecule has 1 atom stereocenters. The van der Waals surface area contributed by atoms with Crippen molar-refractivity contribution in [2.45, 2.75) is 72.4 Å². The van der Waals surface area contributed by atoms with Crippen LogP contribution in [-0.4, -0.2) is 22.4 Å². The molecule has 114 valence electrons. The second kappa shape index (κ2) is 6.48. The molecule has 2 rings (SSSR count). The summed E-state index contributed by atoms with van der Waals surface area (Å²) in [4.78, 5) is 0. The van der Waals surface area contributed by atoms with Crippen LogP contribution < -0.4 is 5.32 Å². The fourth-order valence-corrected chi connectivity index (χ4v) is 2.92. The summed E-state index contributed by atoms with van der Waals surface area (Å²) in [6.45, 7) is 10.8. The summed E-state index contributed by atoms with van der Waals surface area (Å²) >= 11 is 6.54. The van der Waals surface area contributed by atoms with Gasteiger partial charge in [0.2, 0.25) is 0 Å². The Balaban J connectivity index is 2.14. The maximum atomic E-state index is 6.54. The zero-order valence-electron chi connectivity index (χ0n) is 13.3. The minimum Gasteiger partial charge on any atom is -0.313 e. The highest BCUT2D eigenvalue weighted by Crippen LogP contribution is 2.32. The summed E-state index contributed by atoms with van der Waals surface area (Å²) in [6.07, 6.45) is 5.74. The normalized spacial score (nSPS) is 18.2. The molecule has 1 heterocycles. The van der Waals surface area contributed by atoms with Gasteiger partial charge in [-0.05, 0) is 44.4 Å². The number of nitrogens with one attached hydrogen (secondary N) is 1. The Morgan fingerprint density at radius 2 is 2.05 bits per heavy atom. The second-order valence-corrected chi connectivity index (χ2v) is 6.75. The van der Waals surface area contributed by atoms with Crippen LogP contribution in [0.15, 0.2) is 0 Å². The molecule has 1 aliphatic carbocycles. The van der Waals surface area contributed by atoms with Crippen LogP contribution >= 0.6 is 11.6 Å². The summed E-state index contributed by atoms with van der Waals surface area (Å²) in [5.74, 6) is 0. The first kappa shape index (κ1) is 15.8. The van der Waals surface area contributed by atoms with Gasteiger partial charge in [0.25, 0.3) is 0 Å². The van der Waals surface area contributed by atoms with Gasteiger partial charge in [-0.15, -0.1) is 0 Å². The number of rotatable bonds is 8. The van der Waals surface area contributed by atoms with E-state index in [4.69, 9.17) is 11.6 Å².